The summed E-state index contributed by atoms with van der Waals surface area (Å²) >= 11 is 0. The molecule has 1 aromatic heterocycles. The van der Waals surface area contributed by atoms with E-state index in [2.05, 4.69) is 32.3 Å². The quantitative estimate of drug-likeness (QED) is 0.0893. The molecule has 13 nitrogen and oxygen atoms in total. The van der Waals surface area contributed by atoms with Gasteiger partial charge in [-0.15, -0.1) is 0 Å². The second-order valence-corrected chi connectivity index (χ2v) is 12.9. The normalized spacial score (nSPS) is 19.4. The van der Waals surface area contributed by atoms with E-state index in [9.17, 15) is 32.8 Å². The average molecular weight is 726 g/mol. The zero-order valence-corrected chi connectivity index (χ0v) is 29.2. The van der Waals surface area contributed by atoms with Crippen LogP contribution in [-0.4, -0.2) is 88.2 Å². The number of unbranched alkanes of at least 4 members (excludes halogenated alkanes) is 3. The summed E-state index contributed by atoms with van der Waals surface area (Å²) in [6.45, 7) is 2.07. The Hall–Kier alpha value is -5.34. The highest BCUT2D eigenvalue weighted by Gasteiger charge is 2.59. The Kier molecular flexibility index (Phi) is 13.8. The number of alkyl carbamates (subject to hydrolysis) is 1. The highest BCUT2D eigenvalue weighted by Crippen LogP contribution is 2.44. The Morgan fingerprint density at radius 1 is 1.15 bits per heavy atom. The van der Waals surface area contributed by atoms with Crippen LogP contribution in [0.2, 0.25) is 0 Å². The van der Waals surface area contributed by atoms with E-state index in [4.69, 9.17) is 9.84 Å². The van der Waals surface area contributed by atoms with E-state index < -0.39 is 42.3 Å². The lowest BCUT2D eigenvalue weighted by atomic mass is 10.1. The maximum Gasteiger partial charge on any atom is 0.407 e. The summed E-state index contributed by atoms with van der Waals surface area (Å²) in [7, 11) is 0. The smallest absolute Gasteiger partial charge is 0.407 e. The minimum Gasteiger partial charge on any atom is -0.487 e. The van der Waals surface area contributed by atoms with Crippen LogP contribution in [0, 0.1) is 5.92 Å². The third-order valence-corrected chi connectivity index (χ3v) is 8.88. The number of alkyl halides is 2. The number of carboxylic acids is 1. The summed E-state index contributed by atoms with van der Waals surface area (Å²) in [4.78, 5) is 66.3. The van der Waals surface area contributed by atoms with E-state index in [0.717, 1.165) is 25.7 Å². The number of rotatable bonds is 16. The van der Waals surface area contributed by atoms with Gasteiger partial charge in [0.25, 0.3) is 5.56 Å². The number of halogens is 2. The maximum absolute atomic E-state index is 14.3. The molecule has 2 aliphatic rings. The molecule has 52 heavy (non-hydrogen) atoms. The molecule has 1 aliphatic carbocycles. The molecule has 0 radical (unpaired) electrons. The van der Waals surface area contributed by atoms with Gasteiger partial charge in [0.05, 0.1) is 11.0 Å². The van der Waals surface area contributed by atoms with Crippen molar-refractivity contribution in [1.82, 2.24) is 25.5 Å². The number of hydrogen-bond donors (Lipinski definition) is 4. The molecule has 0 bridgehead atoms. The number of aliphatic carboxylic acids is 1. The molecule has 280 valence electrons. The second kappa shape index (κ2) is 18.2. The fourth-order valence-corrected chi connectivity index (χ4v) is 5.84. The molecule has 2 unspecified atom stereocenters. The molecule has 0 spiro atoms. The average Bonchev–Trinajstić information content (AvgIpc) is 3.67. The third kappa shape index (κ3) is 10.8. The molecule has 3 atom stereocenters. The Balaban J connectivity index is 0.000000317. The third-order valence-electron chi connectivity index (χ3n) is 8.88. The molecule has 3 amide bonds. The number of carbonyl (C=O) groups is 4. The zero-order chi connectivity index (χ0) is 37.7. The van der Waals surface area contributed by atoms with Gasteiger partial charge in [0.1, 0.15) is 23.5 Å². The van der Waals surface area contributed by atoms with Gasteiger partial charge in [-0.3, -0.25) is 14.4 Å². The lowest BCUT2D eigenvalue weighted by molar-refractivity contribution is -0.142. The largest absolute Gasteiger partial charge is 0.487 e. The lowest BCUT2D eigenvalue weighted by Crippen LogP contribution is -2.42. The summed E-state index contributed by atoms with van der Waals surface area (Å²) in [6, 6.07) is 13.2. The SMILES string of the molecule is CC1CCCN1C(=O)CNC(=O)OCC(F)(F)COc1cccc(-c2nc3ccccc3[nH]c2=O)c1.CCCCC/C=C\C1C[C@]1(NC=O)C(=O)O. The van der Waals surface area contributed by atoms with Gasteiger partial charge in [0.2, 0.25) is 12.3 Å². The monoisotopic (exact) mass is 725 g/mol. The van der Waals surface area contributed by atoms with Gasteiger partial charge in [0, 0.05) is 24.1 Å². The number of amides is 3. The van der Waals surface area contributed by atoms with Gasteiger partial charge in [-0.1, -0.05) is 56.2 Å². The fraction of sp³-hybridized carbons (Fsp3) is 0.459. The number of carbonyl (C=O) groups excluding carboxylic acids is 3. The van der Waals surface area contributed by atoms with E-state index in [-0.39, 0.29) is 35.9 Å². The van der Waals surface area contributed by atoms with Crippen LogP contribution in [0.25, 0.3) is 22.3 Å². The Morgan fingerprint density at radius 3 is 2.65 bits per heavy atom. The predicted molar refractivity (Wildman–Crippen MR) is 189 cm³/mol. The van der Waals surface area contributed by atoms with Crippen LogP contribution < -0.4 is 20.9 Å². The van der Waals surface area contributed by atoms with Crippen molar-refractivity contribution in [2.45, 2.75) is 76.3 Å². The lowest BCUT2D eigenvalue weighted by Gasteiger charge is -2.21. The number of ether oxygens (including phenoxy) is 2. The first-order valence-electron chi connectivity index (χ1n) is 17.3. The zero-order valence-electron chi connectivity index (χ0n) is 29.2. The maximum atomic E-state index is 14.3. The van der Waals surface area contributed by atoms with E-state index in [0.29, 0.717) is 36.0 Å². The number of benzene rings is 2. The van der Waals surface area contributed by atoms with E-state index in [1.54, 1.807) is 41.3 Å². The van der Waals surface area contributed by atoms with Gasteiger partial charge in [0.15, 0.2) is 13.2 Å². The number of aromatic amines is 1. The van der Waals surface area contributed by atoms with Crippen LogP contribution in [0.3, 0.4) is 0 Å². The van der Waals surface area contributed by atoms with Crippen LogP contribution in [0.5, 0.6) is 5.75 Å². The van der Waals surface area contributed by atoms with Crippen LogP contribution >= 0.6 is 0 Å². The Labute approximate surface area is 299 Å². The van der Waals surface area contributed by atoms with E-state index >= 15 is 0 Å². The van der Waals surface area contributed by atoms with Crippen molar-refractivity contribution in [2.24, 2.45) is 5.92 Å². The van der Waals surface area contributed by atoms with Crippen LogP contribution in [0.4, 0.5) is 13.6 Å². The van der Waals surface area contributed by atoms with Crippen LogP contribution in [0.1, 0.15) is 58.8 Å². The molecule has 2 heterocycles. The molecule has 2 aromatic carbocycles. The molecule has 1 saturated heterocycles. The van der Waals surface area contributed by atoms with Crippen molar-refractivity contribution in [3.8, 4) is 17.0 Å². The predicted octanol–water partition coefficient (Wildman–Crippen LogP) is 5.05. The van der Waals surface area contributed by atoms with Crippen LogP contribution in [0.15, 0.2) is 65.5 Å². The van der Waals surface area contributed by atoms with Gasteiger partial charge < -0.3 is 35.1 Å². The molecule has 5 rings (SSSR count). The summed E-state index contributed by atoms with van der Waals surface area (Å²) in [6.07, 6.45) is 10.1. The molecule has 2 fully saturated rings. The summed E-state index contributed by atoms with van der Waals surface area (Å²) in [5, 5.41) is 13.6. The van der Waals surface area contributed by atoms with E-state index in [1.165, 1.54) is 25.0 Å². The first-order valence-corrected chi connectivity index (χ1v) is 17.3. The highest BCUT2D eigenvalue weighted by molar-refractivity contribution is 5.86. The van der Waals surface area contributed by atoms with Crippen molar-refractivity contribution in [1.29, 1.82) is 0 Å². The first kappa shape index (κ1) is 39.4. The molecular formula is C37H45F2N5O8. The van der Waals surface area contributed by atoms with Crippen molar-refractivity contribution in [3.05, 3.63) is 71.0 Å². The Bertz CT molecular complexity index is 1800. The fourth-order valence-electron chi connectivity index (χ4n) is 5.84. The summed E-state index contributed by atoms with van der Waals surface area (Å²) in [5.41, 5.74) is 0.241. The van der Waals surface area contributed by atoms with Crippen molar-refractivity contribution in [3.63, 3.8) is 0 Å². The van der Waals surface area contributed by atoms with Gasteiger partial charge >= 0.3 is 18.0 Å². The van der Waals surface area contributed by atoms with Crippen molar-refractivity contribution >= 4 is 35.4 Å². The molecule has 1 aliphatic heterocycles. The number of aromatic nitrogens is 2. The number of fused-ring (bicyclic) bond motifs is 1. The minimum absolute atomic E-state index is 0.0446. The number of nitrogens with zero attached hydrogens (tertiary/aromatic N) is 2. The molecule has 15 heteroatoms. The summed E-state index contributed by atoms with van der Waals surface area (Å²) < 4.78 is 38.3. The number of likely N-dealkylation sites (tertiary alicyclic amines) is 1. The highest BCUT2D eigenvalue weighted by atomic mass is 19.3. The first-order chi connectivity index (χ1) is 24.9. The van der Waals surface area contributed by atoms with Crippen LogP contribution in [-0.2, 0) is 19.1 Å². The Morgan fingerprint density at radius 2 is 1.94 bits per heavy atom. The number of hydrogen-bond acceptors (Lipinski definition) is 8. The van der Waals surface area contributed by atoms with Gasteiger partial charge in [-0.05, 0) is 63.3 Å². The number of nitrogens with one attached hydrogen (secondary N) is 3. The van der Waals surface area contributed by atoms with Gasteiger partial charge in [-0.25, -0.2) is 14.6 Å². The standard InChI is InChI=1S/C25H26F2N4O5.C12H19NO3/c1-16-6-5-11-31(16)21(32)13-28-24(34)36-15-25(26,27)14-35-18-8-4-7-17(12-18)22-23(33)30-20-10-3-2-9-19(20)29-22;1-2-3-4-5-6-7-10-8-12(10,11(15)16)13-9-14/h2-4,7-10,12,16H,5-6,11,13-15H2,1H3,(H,28,34)(H,30,33);6-7,9-10H,2-5,8H2,1H3,(H,13,14)(H,15,16)/b;7-6-/t;10?,12-/m.1/s1. The van der Waals surface area contributed by atoms with Gasteiger partial charge in [-0.2, -0.15) is 8.78 Å². The van der Waals surface area contributed by atoms with E-state index in [1.807, 2.05) is 19.1 Å². The second-order valence-electron chi connectivity index (χ2n) is 12.9. The number of para-hydroxylation sites is 2. The topological polar surface area (TPSA) is 180 Å². The number of allylic oxidation sites excluding steroid dienone is 1. The minimum atomic E-state index is -3.49. The molecule has 3 aromatic rings. The number of H-pyrrole nitrogens is 1. The molecule has 1 saturated carbocycles. The van der Waals surface area contributed by atoms with Crippen molar-refractivity contribution in [2.75, 3.05) is 26.3 Å². The van der Waals surface area contributed by atoms with Crippen molar-refractivity contribution < 1.29 is 42.5 Å². The number of carboxylic acid groups (broad SMARTS) is 1. The molecule has 4 N–H and O–H groups in total. The molecular weight excluding hydrogens is 680 g/mol. The summed E-state index contributed by atoms with van der Waals surface area (Å²) in [5.74, 6) is -4.66.